The molecule has 0 radical (unpaired) electrons. The minimum Gasteiger partial charge on any atom is -0.294 e. The number of rotatable bonds is 6. The second-order valence-corrected chi connectivity index (χ2v) is 7.33. The zero-order valence-corrected chi connectivity index (χ0v) is 16.4. The van der Waals surface area contributed by atoms with Crippen LogP contribution in [0.25, 0.3) is 0 Å². The average Bonchev–Trinajstić information content (AvgIpc) is 2.64. The number of nitro benzene ring substituents is 1. The van der Waals surface area contributed by atoms with Gasteiger partial charge in [0.25, 0.3) is 0 Å². The lowest BCUT2D eigenvalue weighted by Gasteiger charge is -2.42. The fourth-order valence-electron chi connectivity index (χ4n) is 4.20. The summed E-state index contributed by atoms with van der Waals surface area (Å²) in [5, 5.41) is 11.5. The summed E-state index contributed by atoms with van der Waals surface area (Å²) < 4.78 is 0.401. The van der Waals surface area contributed by atoms with Gasteiger partial charge in [-0.05, 0) is 17.9 Å². The number of nitro groups is 1. The third kappa shape index (κ3) is 4.93. The van der Waals surface area contributed by atoms with Crippen LogP contribution in [0.4, 0.5) is 11.4 Å². The first-order valence-electron chi connectivity index (χ1n) is 9.14. The molecule has 2 aromatic rings. The van der Waals surface area contributed by atoms with Gasteiger partial charge in [-0.1, -0.05) is 42.5 Å². The first kappa shape index (κ1) is 21.1. The monoisotopic (exact) mass is 389 g/mol. The van der Waals surface area contributed by atoms with Gasteiger partial charge in [0.1, 0.15) is 6.54 Å². The largest absolute Gasteiger partial charge is 0.329 e. The van der Waals surface area contributed by atoms with E-state index >= 15 is 0 Å². The molecule has 1 saturated heterocycles. The van der Waals surface area contributed by atoms with Crippen LogP contribution in [-0.2, 0) is 11.2 Å². The maximum Gasteiger partial charge on any atom is 0.329 e. The Bertz CT molecular complexity index is 787. The lowest BCUT2D eigenvalue weighted by molar-refractivity contribution is -0.384. The molecule has 27 heavy (non-hydrogen) atoms. The van der Waals surface area contributed by atoms with Crippen molar-refractivity contribution in [2.24, 2.45) is 5.92 Å². The zero-order chi connectivity index (χ0) is 18.6. The molecular weight excluding hydrogens is 364 g/mol. The highest BCUT2D eigenvalue weighted by atomic mass is 35.5. The Morgan fingerprint density at radius 2 is 1.67 bits per heavy atom. The third-order valence-corrected chi connectivity index (χ3v) is 5.41. The van der Waals surface area contributed by atoms with E-state index in [0.29, 0.717) is 22.6 Å². The number of hydrogen-bond acceptors (Lipinski definition) is 3. The Kier molecular flexibility index (Phi) is 7.11. The van der Waals surface area contributed by atoms with Crippen molar-refractivity contribution >= 4 is 29.6 Å². The van der Waals surface area contributed by atoms with Crippen LogP contribution in [0.15, 0.2) is 54.6 Å². The van der Waals surface area contributed by atoms with E-state index in [4.69, 9.17) is 0 Å². The Balaban J connectivity index is 0.00000261. The van der Waals surface area contributed by atoms with E-state index in [-0.39, 0.29) is 28.8 Å². The summed E-state index contributed by atoms with van der Waals surface area (Å²) in [5.41, 5.74) is 2.12. The summed E-state index contributed by atoms with van der Waals surface area (Å²) in [6.07, 6.45) is 2.96. The van der Waals surface area contributed by atoms with E-state index in [0.717, 1.165) is 32.4 Å². The number of nitrogens with zero attached hydrogens (tertiary/aromatic N) is 2. The van der Waals surface area contributed by atoms with Crippen molar-refractivity contribution in [2.45, 2.75) is 26.2 Å². The van der Waals surface area contributed by atoms with E-state index in [1.54, 1.807) is 19.1 Å². The van der Waals surface area contributed by atoms with Crippen LogP contribution < -0.4 is 4.48 Å². The summed E-state index contributed by atoms with van der Waals surface area (Å²) in [4.78, 5) is 23.1. The molecule has 0 unspecified atom stereocenters. The van der Waals surface area contributed by atoms with Crippen LogP contribution in [0.2, 0.25) is 0 Å². The van der Waals surface area contributed by atoms with Crippen molar-refractivity contribution < 1.29 is 9.72 Å². The Morgan fingerprint density at radius 1 is 1.07 bits per heavy atom. The number of piperidine rings is 1. The van der Waals surface area contributed by atoms with Crippen molar-refractivity contribution in [3.05, 3.63) is 70.3 Å². The van der Waals surface area contributed by atoms with Gasteiger partial charge in [-0.2, -0.15) is 0 Å². The molecule has 0 atom stereocenters. The van der Waals surface area contributed by atoms with Gasteiger partial charge in [-0.3, -0.25) is 19.4 Å². The van der Waals surface area contributed by atoms with E-state index in [2.05, 4.69) is 24.3 Å². The molecule has 1 aliphatic rings. The maximum atomic E-state index is 12.0. The van der Waals surface area contributed by atoms with Crippen molar-refractivity contribution in [2.75, 3.05) is 19.6 Å². The molecule has 0 aromatic heterocycles. The number of hydrogen-bond donors (Lipinski definition) is 0. The predicted octanol–water partition coefficient (Wildman–Crippen LogP) is 4.57. The van der Waals surface area contributed by atoms with E-state index < -0.39 is 0 Å². The van der Waals surface area contributed by atoms with Gasteiger partial charge >= 0.3 is 5.69 Å². The van der Waals surface area contributed by atoms with Crippen LogP contribution in [0.5, 0.6) is 0 Å². The fraction of sp³-hybridized carbons (Fsp3) is 0.381. The molecule has 1 aliphatic heterocycles. The lowest BCUT2D eigenvalue weighted by Crippen LogP contribution is -2.57. The van der Waals surface area contributed by atoms with Gasteiger partial charge in [-0.15, -0.1) is 12.4 Å². The molecular formula is C21H26ClN2O3+. The molecule has 0 aliphatic carbocycles. The van der Waals surface area contributed by atoms with Crippen molar-refractivity contribution in [3.8, 4) is 0 Å². The highest BCUT2D eigenvalue weighted by molar-refractivity contribution is 5.85. The molecule has 0 spiro atoms. The standard InChI is InChI=1S/C21H25N2O3.ClH/c1-17(24)16-23(21-10-6-5-9-20(21)22(25)26)13-11-19(12-14-23)15-18-7-3-2-4-8-18;/h2-10,19H,11-16H2,1H3;1H/q+1;. The van der Waals surface area contributed by atoms with Gasteiger partial charge in [0.2, 0.25) is 5.69 Å². The first-order valence-corrected chi connectivity index (χ1v) is 9.14. The quantitative estimate of drug-likeness (QED) is 0.413. The van der Waals surface area contributed by atoms with Crippen molar-refractivity contribution in [3.63, 3.8) is 0 Å². The minimum absolute atomic E-state index is 0. The molecule has 3 rings (SSSR count). The van der Waals surface area contributed by atoms with Crippen LogP contribution >= 0.6 is 12.4 Å². The molecule has 6 heteroatoms. The number of carbonyl (C=O) groups is 1. The summed E-state index contributed by atoms with van der Waals surface area (Å²) in [7, 11) is 0. The highest BCUT2D eigenvalue weighted by Gasteiger charge is 2.41. The molecule has 1 fully saturated rings. The fourth-order valence-corrected chi connectivity index (χ4v) is 4.20. The van der Waals surface area contributed by atoms with Gasteiger partial charge in [0.15, 0.2) is 5.78 Å². The van der Waals surface area contributed by atoms with Crippen LogP contribution in [0.1, 0.15) is 25.3 Å². The number of Topliss-reactive ketones (excluding diaryl/α,β-unsaturated/α-hetero) is 1. The summed E-state index contributed by atoms with van der Waals surface area (Å²) >= 11 is 0. The molecule has 0 bridgehead atoms. The summed E-state index contributed by atoms with van der Waals surface area (Å²) in [6, 6.07) is 17.3. The lowest BCUT2D eigenvalue weighted by atomic mass is 9.88. The zero-order valence-electron chi connectivity index (χ0n) is 15.5. The van der Waals surface area contributed by atoms with Crippen LogP contribution in [0, 0.1) is 16.0 Å². The SMILES string of the molecule is CC(=O)C[N+]1(c2ccccc2[N+](=O)[O-])CCC(Cc2ccccc2)CC1.Cl. The highest BCUT2D eigenvalue weighted by Crippen LogP contribution is 2.38. The summed E-state index contributed by atoms with van der Waals surface area (Å²) in [5.74, 6) is 0.628. The third-order valence-electron chi connectivity index (χ3n) is 5.41. The smallest absolute Gasteiger partial charge is 0.294 e. The van der Waals surface area contributed by atoms with Gasteiger partial charge < -0.3 is 0 Å². The Morgan fingerprint density at radius 3 is 2.26 bits per heavy atom. The number of ketones is 1. The molecule has 144 valence electrons. The van der Waals surface area contributed by atoms with E-state index in [9.17, 15) is 14.9 Å². The van der Waals surface area contributed by atoms with E-state index in [1.807, 2.05) is 18.2 Å². The minimum atomic E-state index is -0.328. The molecule has 5 nitrogen and oxygen atoms in total. The first-order chi connectivity index (χ1) is 12.5. The number of quaternary nitrogens is 1. The molecule has 2 aromatic carbocycles. The number of para-hydroxylation sites is 2. The number of benzene rings is 2. The van der Waals surface area contributed by atoms with Gasteiger partial charge in [0.05, 0.1) is 18.0 Å². The molecule has 0 saturated carbocycles. The number of halogens is 1. The predicted molar refractivity (Wildman–Crippen MR) is 110 cm³/mol. The number of carbonyl (C=O) groups excluding carboxylic acids is 1. The van der Waals surface area contributed by atoms with Gasteiger partial charge in [0, 0.05) is 31.9 Å². The maximum absolute atomic E-state index is 12.0. The van der Waals surface area contributed by atoms with Crippen molar-refractivity contribution in [1.29, 1.82) is 0 Å². The molecule has 1 heterocycles. The summed E-state index contributed by atoms with van der Waals surface area (Å²) in [6.45, 7) is 3.43. The van der Waals surface area contributed by atoms with Gasteiger partial charge in [-0.25, -0.2) is 0 Å². The molecule has 0 amide bonds. The van der Waals surface area contributed by atoms with Crippen molar-refractivity contribution in [1.82, 2.24) is 4.48 Å². The molecule has 0 N–H and O–H groups in total. The normalized spacial score (nSPS) is 21.9. The van der Waals surface area contributed by atoms with Crippen LogP contribution in [0.3, 0.4) is 0 Å². The van der Waals surface area contributed by atoms with Crippen LogP contribution in [-0.4, -0.2) is 30.3 Å². The van der Waals surface area contributed by atoms with E-state index in [1.165, 1.54) is 5.56 Å². The Labute approximate surface area is 166 Å². The second kappa shape index (κ2) is 9.11. The average molecular weight is 390 g/mol. The second-order valence-electron chi connectivity index (χ2n) is 7.33. The Hall–Kier alpha value is -2.24. The topological polar surface area (TPSA) is 60.2 Å². The number of likely N-dealkylation sites (tertiary alicyclic amines) is 1.